The number of nitrogens with one attached hydrogen (secondary N) is 2. The number of sulfonamides is 1. The third-order valence-corrected chi connectivity index (χ3v) is 5.27. The van der Waals surface area contributed by atoms with Gasteiger partial charge in [0.2, 0.25) is 0 Å². The summed E-state index contributed by atoms with van der Waals surface area (Å²) >= 11 is 5.89. The number of esters is 1. The monoisotopic (exact) mass is 370 g/mol. The van der Waals surface area contributed by atoms with Gasteiger partial charge in [-0.2, -0.15) is 0 Å². The Morgan fingerprint density at radius 1 is 1.25 bits per heavy atom. The minimum atomic E-state index is -3.98. The Balaban J connectivity index is 2.51. The molecule has 8 heteroatoms. The Morgan fingerprint density at radius 2 is 1.92 bits per heavy atom. The van der Waals surface area contributed by atoms with Gasteiger partial charge >= 0.3 is 5.97 Å². The average Bonchev–Trinajstić information content (AvgIpc) is 2.77. The standard InChI is InChI=1S/C16H19ClN2O4S/c1-5-23-16(20)14-10(3)18-11(4)15(14)24(21,22)19-13-7-6-12(17)8-9(13)2/h6-8,18-19H,5H2,1-4H3. The van der Waals surface area contributed by atoms with Crippen LogP contribution in [0.25, 0.3) is 0 Å². The van der Waals surface area contributed by atoms with Crippen molar-refractivity contribution in [1.82, 2.24) is 4.98 Å². The molecule has 0 aliphatic rings. The third-order valence-electron chi connectivity index (χ3n) is 3.50. The zero-order valence-corrected chi connectivity index (χ0v) is 15.4. The summed E-state index contributed by atoms with van der Waals surface area (Å²) in [5.74, 6) is -0.674. The highest BCUT2D eigenvalue weighted by Gasteiger charge is 2.30. The van der Waals surface area contributed by atoms with E-state index in [9.17, 15) is 13.2 Å². The average molecular weight is 371 g/mol. The van der Waals surface area contributed by atoms with Gasteiger partial charge in [0.25, 0.3) is 10.0 Å². The number of carbonyl (C=O) groups is 1. The molecule has 0 atom stereocenters. The molecule has 2 rings (SSSR count). The molecule has 1 aromatic heterocycles. The molecule has 0 saturated carbocycles. The number of carbonyl (C=O) groups excluding carboxylic acids is 1. The smallest absolute Gasteiger partial charge is 0.341 e. The third kappa shape index (κ3) is 3.57. The van der Waals surface area contributed by atoms with Crippen LogP contribution in [0.3, 0.4) is 0 Å². The maximum absolute atomic E-state index is 12.8. The van der Waals surface area contributed by atoms with Crippen LogP contribution in [-0.4, -0.2) is 26.0 Å². The summed E-state index contributed by atoms with van der Waals surface area (Å²) in [4.78, 5) is 14.9. The summed E-state index contributed by atoms with van der Waals surface area (Å²) in [6.07, 6.45) is 0. The summed E-state index contributed by atoms with van der Waals surface area (Å²) in [5, 5.41) is 0.510. The zero-order valence-electron chi connectivity index (χ0n) is 13.9. The van der Waals surface area contributed by atoms with Crippen molar-refractivity contribution in [2.75, 3.05) is 11.3 Å². The van der Waals surface area contributed by atoms with Crippen LogP contribution in [0.5, 0.6) is 0 Å². The zero-order chi connectivity index (χ0) is 18.1. The molecule has 0 aliphatic heterocycles. The first-order chi connectivity index (χ1) is 11.2. The fourth-order valence-corrected chi connectivity index (χ4v) is 4.29. The van der Waals surface area contributed by atoms with Crippen LogP contribution in [0.15, 0.2) is 23.1 Å². The number of anilines is 1. The van der Waals surface area contributed by atoms with Crippen LogP contribution in [0.2, 0.25) is 5.02 Å². The normalized spacial score (nSPS) is 11.4. The maximum atomic E-state index is 12.8. The van der Waals surface area contributed by atoms with Crippen molar-refractivity contribution in [2.45, 2.75) is 32.6 Å². The van der Waals surface area contributed by atoms with E-state index in [4.69, 9.17) is 16.3 Å². The number of hydrogen-bond acceptors (Lipinski definition) is 4. The topological polar surface area (TPSA) is 88.3 Å². The molecule has 0 radical (unpaired) electrons. The SMILES string of the molecule is CCOC(=O)c1c(C)[nH]c(C)c1S(=O)(=O)Nc1ccc(Cl)cc1C. The number of ether oxygens (including phenoxy) is 1. The van der Waals surface area contributed by atoms with E-state index in [1.54, 1.807) is 45.9 Å². The van der Waals surface area contributed by atoms with Gasteiger partial charge in [-0.25, -0.2) is 13.2 Å². The van der Waals surface area contributed by atoms with Gasteiger partial charge in [0.05, 0.1) is 12.3 Å². The Bertz CT molecular complexity index is 888. The van der Waals surface area contributed by atoms with Gasteiger partial charge in [-0.15, -0.1) is 0 Å². The van der Waals surface area contributed by atoms with E-state index in [-0.39, 0.29) is 17.1 Å². The van der Waals surface area contributed by atoms with Crippen LogP contribution in [0.4, 0.5) is 5.69 Å². The van der Waals surface area contributed by atoms with Crippen molar-refractivity contribution >= 4 is 33.3 Å². The molecule has 6 nitrogen and oxygen atoms in total. The lowest BCUT2D eigenvalue weighted by molar-refractivity contribution is 0.0521. The van der Waals surface area contributed by atoms with Gasteiger partial charge in [0.15, 0.2) is 0 Å². The molecule has 0 unspecified atom stereocenters. The van der Waals surface area contributed by atoms with E-state index >= 15 is 0 Å². The fraction of sp³-hybridized carbons (Fsp3) is 0.312. The van der Waals surface area contributed by atoms with Crippen molar-refractivity contribution in [3.63, 3.8) is 0 Å². The largest absolute Gasteiger partial charge is 0.462 e. The number of aromatic nitrogens is 1. The molecular weight excluding hydrogens is 352 g/mol. The van der Waals surface area contributed by atoms with Crippen LogP contribution in [0, 0.1) is 20.8 Å². The Hall–Kier alpha value is -1.99. The molecule has 0 aliphatic carbocycles. The van der Waals surface area contributed by atoms with Crippen molar-refractivity contribution in [1.29, 1.82) is 0 Å². The summed E-state index contributed by atoms with van der Waals surface area (Å²) in [6.45, 7) is 6.79. The van der Waals surface area contributed by atoms with Gasteiger partial charge < -0.3 is 9.72 Å². The number of aromatic amines is 1. The predicted molar refractivity (Wildman–Crippen MR) is 93.2 cm³/mol. The summed E-state index contributed by atoms with van der Waals surface area (Å²) in [6, 6.07) is 4.82. The van der Waals surface area contributed by atoms with Crippen molar-refractivity contribution in [3.05, 3.63) is 45.7 Å². The summed E-state index contributed by atoms with van der Waals surface area (Å²) in [7, 11) is -3.98. The minimum absolute atomic E-state index is 0.0217. The molecule has 2 N–H and O–H groups in total. The molecular formula is C16H19ClN2O4S. The molecule has 1 aromatic carbocycles. The van der Waals surface area contributed by atoms with Crippen molar-refractivity contribution in [3.8, 4) is 0 Å². The van der Waals surface area contributed by atoms with Crippen LogP contribution < -0.4 is 4.72 Å². The second-order valence-corrected chi connectivity index (χ2v) is 7.42. The van der Waals surface area contributed by atoms with Gasteiger partial charge in [-0.1, -0.05) is 11.6 Å². The molecule has 130 valence electrons. The lowest BCUT2D eigenvalue weighted by atomic mass is 10.2. The van der Waals surface area contributed by atoms with E-state index in [2.05, 4.69) is 9.71 Å². The maximum Gasteiger partial charge on any atom is 0.341 e. The fourth-order valence-electron chi connectivity index (χ4n) is 2.48. The molecule has 1 heterocycles. The minimum Gasteiger partial charge on any atom is -0.462 e. The molecule has 0 amide bonds. The molecule has 24 heavy (non-hydrogen) atoms. The van der Waals surface area contributed by atoms with Crippen molar-refractivity contribution < 1.29 is 17.9 Å². The van der Waals surface area contributed by atoms with Gasteiger partial charge in [-0.3, -0.25) is 4.72 Å². The number of rotatable bonds is 5. The summed E-state index contributed by atoms with van der Waals surface area (Å²) < 4.78 is 33.1. The summed E-state index contributed by atoms with van der Waals surface area (Å²) in [5.41, 5.74) is 1.91. The molecule has 0 bridgehead atoms. The Morgan fingerprint density at radius 3 is 2.50 bits per heavy atom. The molecule has 0 fully saturated rings. The second-order valence-electron chi connectivity index (χ2n) is 5.36. The lowest BCUT2D eigenvalue weighted by Gasteiger charge is -2.12. The highest BCUT2D eigenvalue weighted by molar-refractivity contribution is 7.92. The van der Waals surface area contributed by atoms with Crippen LogP contribution >= 0.6 is 11.6 Å². The molecule has 0 spiro atoms. The van der Waals surface area contributed by atoms with E-state index in [0.29, 0.717) is 27.7 Å². The first-order valence-corrected chi connectivity index (χ1v) is 9.18. The number of benzene rings is 1. The predicted octanol–water partition coefficient (Wildman–Crippen LogP) is 3.57. The van der Waals surface area contributed by atoms with Gasteiger partial charge in [-0.05, 0) is 51.5 Å². The number of hydrogen-bond donors (Lipinski definition) is 2. The highest BCUT2D eigenvalue weighted by Crippen LogP contribution is 2.28. The van der Waals surface area contributed by atoms with E-state index in [1.165, 1.54) is 0 Å². The highest BCUT2D eigenvalue weighted by atomic mass is 35.5. The first kappa shape index (κ1) is 18.4. The Kier molecular flexibility index (Phi) is 5.25. The first-order valence-electron chi connectivity index (χ1n) is 7.32. The number of halogens is 1. The Labute approximate surface area is 146 Å². The van der Waals surface area contributed by atoms with E-state index in [0.717, 1.165) is 0 Å². The lowest BCUT2D eigenvalue weighted by Crippen LogP contribution is -2.18. The van der Waals surface area contributed by atoms with Crippen LogP contribution in [0.1, 0.15) is 34.2 Å². The van der Waals surface area contributed by atoms with Crippen LogP contribution in [-0.2, 0) is 14.8 Å². The molecule has 2 aromatic rings. The van der Waals surface area contributed by atoms with Gasteiger partial charge in [0.1, 0.15) is 10.5 Å². The van der Waals surface area contributed by atoms with Crippen molar-refractivity contribution in [2.24, 2.45) is 0 Å². The van der Waals surface area contributed by atoms with Gasteiger partial charge in [0, 0.05) is 16.4 Å². The number of aryl methyl sites for hydroxylation is 3. The second kappa shape index (κ2) is 6.86. The quantitative estimate of drug-likeness (QED) is 0.787. The van der Waals surface area contributed by atoms with E-state index < -0.39 is 16.0 Å². The van der Waals surface area contributed by atoms with E-state index in [1.807, 2.05) is 0 Å². The molecule has 0 saturated heterocycles. The number of H-pyrrole nitrogens is 1.